The predicted octanol–water partition coefficient (Wildman–Crippen LogP) is 2.50. The summed E-state index contributed by atoms with van der Waals surface area (Å²) < 4.78 is 6.26. The van der Waals surface area contributed by atoms with Gasteiger partial charge in [-0.05, 0) is 12.3 Å². The van der Waals surface area contributed by atoms with E-state index in [1.54, 1.807) is 4.68 Å². The van der Waals surface area contributed by atoms with Gasteiger partial charge in [0.25, 0.3) is 0 Å². The van der Waals surface area contributed by atoms with E-state index in [1.807, 2.05) is 13.2 Å². The molecule has 0 saturated heterocycles. The number of nitrogens with zero attached hydrogens (tertiary/aromatic N) is 2. The molecule has 1 aromatic heterocycles. The number of methoxy groups -OCH3 is 1. The molecule has 0 radical (unpaired) electrons. The van der Waals surface area contributed by atoms with Crippen molar-refractivity contribution in [3.8, 4) is 0 Å². The zero-order valence-corrected chi connectivity index (χ0v) is 10.3. The van der Waals surface area contributed by atoms with Crippen molar-refractivity contribution in [3.05, 3.63) is 11.8 Å². The van der Waals surface area contributed by atoms with Crippen LogP contribution in [0.25, 0.3) is 0 Å². The van der Waals surface area contributed by atoms with Crippen molar-refractivity contribution in [1.82, 2.24) is 9.78 Å². The van der Waals surface area contributed by atoms with E-state index < -0.39 is 6.09 Å². The van der Waals surface area contributed by atoms with Gasteiger partial charge in [-0.3, -0.25) is 10.00 Å². The Morgan fingerprint density at radius 3 is 2.94 bits per heavy atom. The summed E-state index contributed by atoms with van der Waals surface area (Å²) >= 11 is 0. The molecule has 1 amide bonds. The Morgan fingerprint density at radius 2 is 2.38 bits per heavy atom. The molecule has 1 unspecified atom stereocenters. The summed E-state index contributed by atoms with van der Waals surface area (Å²) in [5.74, 6) is 0.973. The minimum absolute atomic E-state index is 0.380. The predicted molar refractivity (Wildman–Crippen MR) is 62.6 cm³/mol. The molecule has 0 saturated carbocycles. The van der Waals surface area contributed by atoms with Crippen LogP contribution in [0, 0.1) is 0 Å². The zero-order valence-electron chi connectivity index (χ0n) is 10.3. The minimum Gasteiger partial charge on any atom is -0.453 e. The van der Waals surface area contributed by atoms with Crippen LogP contribution in [0.4, 0.5) is 10.6 Å². The van der Waals surface area contributed by atoms with Crippen LogP contribution in [-0.4, -0.2) is 23.0 Å². The Balaban J connectivity index is 2.86. The SMILES string of the molecule is CCCC(C)c1cn(C)nc1NC(=O)OC. The average Bonchev–Trinajstić information content (AvgIpc) is 2.59. The smallest absolute Gasteiger partial charge is 0.412 e. The Kier molecular flexibility index (Phi) is 4.34. The van der Waals surface area contributed by atoms with Crippen molar-refractivity contribution < 1.29 is 9.53 Å². The zero-order chi connectivity index (χ0) is 12.1. The lowest BCUT2D eigenvalue weighted by Gasteiger charge is -2.09. The number of amides is 1. The van der Waals surface area contributed by atoms with Gasteiger partial charge in [0, 0.05) is 18.8 Å². The van der Waals surface area contributed by atoms with Gasteiger partial charge in [-0.15, -0.1) is 0 Å². The van der Waals surface area contributed by atoms with E-state index in [2.05, 4.69) is 29.0 Å². The lowest BCUT2D eigenvalue weighted by atomic mass is 9.99. The monoisotopic (exact) mass is 225 g/mol. The second-order valence-electron chi connectivity index (χ2n) is 3.91. The second kappa shape index (κ2) is 5.53. The van der Waals surface area contributed by atoms with E-state index in [0.717, 1.165) is 18.4 Å². The third-order valence-electron chi connectivity index (χ3n) is 2.52. The molecule has 0 aliphatic heterocycles. The van der Waals surface area contributed by atoms with Gasteiger partial charge in [0.1, 0.15) is 0 Å². The molecule has 1 atom stereocenters. The molecule has 5 heteroatoms. The first kappa shape index (κ1) is 12.5. The van der Waals surface area contributed by atoms with Crippen LogP contribution in [0.5, 0.6) is 0 Å². The molecule has 0 fully saturated rings. The summed E-state index contributed by atoms with van der Waals surface area (Å²) in [4.78, 5) is 11.1. The number of nitrogens with one attached hydrogen (secondary N) is 1. The van der Waals surface area contributed by atoms with Crippen LogP contribution >= 0.6 is 0 Å². The Bertz CT molecular complexity index is 360. The number of ether oxygens (including phenoxy) is 1. The average molecular weight is 225 g/mol. The molecule has 1 heterocycles. The van der Waals surface area contributed by atoms with Gasteiger partial charge in [-0.1, -0.05) is 20.3 Å². The summed E-state index contributed by atoms with van der Waals surface area (Å²) in [5.41, 5.74) is 1.05. The van der Waals surface area contributed by atoms with Crippen LogP contribution in [0.15, 0.2) is 6.20 Å². The van der Waals surface area contributed by atoms with Crippen molar-refractivity contribution in [1.29, 1.82) is 0 Å². The van der Waals surface area contributed by atoms with Crippen molar-refractivity contribution >= 4 is 11.9 Å². The molecule has 1 aromatic rings. The van der Waals surface area contributed by atoms with Gasteiger partial charge in [-0.2, -0.15) is 5.10 Å². The fraction of sp³-hybridized carbons (Fsp3) is 0.636. The highest BCUT2D eigenvalue weighted by atomic mass is 16.5. The second-order valence-corrected chi connectivity index (χ2v) is 3.91. The number of aromatic nitrogens is 2. The van der Waals surface area contributed by atoms with E-state index in [0.29, 0.717) is 11.7 Å². The van der Waals surface area contributed by atoms with Gasteiger partial charge < -0.3 is 4.74 Å². The maximum absolute atomic E-state index is 11.1. The van der Waals surface area contributed by atoms with Gasteiger partial charge in [-0.25, -0.2) is 4.79 Å². The van der Waals surface area contributed by atoms with Gasteiger partial charge in [0.05, 0.1) is 7.11 Å². The topological polar surface area (TPSA) is 56.2 Å². The highest BCUT2D eigenvalue weighted by molar-refractivity contribution is 5.84. The summed E-state index contributed by atoms with van der Waals surface area (Å²) in [6.45, 7) is 4.27. The highest BCUT2D eigenvalue weighted by Gasteiger charge is 2.16. The molecule has 1 N–H and O–H groups in total. The van der Waals surface area contributed by atoms with E-state index in [1.165, 1.54) is 7.11 Å². The van der Waals surface area contributed by atoms with Gasteiger partial charge in [0.2, 0.25) is 0 Å². The summed E-state index contributed by atoms with van der Waals surface area (Å²) in [6, 6.07) is 0. The quantitative estimate of drug-likeness (QED) is 0.856. The lowest BCUT2D eigenvalue weighted by Crippen LogP contribution is -2.13. The molecule has 5 nitrogen and oxygen atoms in total. The molecule has 0 bridgehead atoms. The maximum atomic E-state index is 11.1. The van der Waals surface area contributed by atoms with E-state index in [-0.39, 0.29) is 0 Å². The Hall–Kier alpha value is -1.52. The van der Waals surface area contributed by atoms with E-state index in [9.17, 15) is 4.79 Å². The summed E-state index contributed by atoms with van der Waals surface area (Å²) in [5, 5.41) is 6.83. The number of carbonyl (C=O) groups excluding carboxylic acids is 1. The third kappa shape index (κ3) is 2.98. The molecule has 0 aromatic carbocycles. The van der Waals surface area contributed by atoms with Crippen LogP contribution in [0.2, 0.25) is 0 Å². The van der Waals surface area contributed by atoms with Crippen LogP contribution in [0.3, 0.4) is 0 Å². The Labute approximate surface area is 95.8 Å². The molecular weight excluding hydrogens is 206 g/mol. The third-order valence-corrected chi connectivity index (χ3v) is 2.52. The van der Waals surface area contributed by atoms with Crippen LogP contribution in [-0.2, 0) is 11.8 Å². The maximum Gasteiger partial charge on any atom is 0.412 e. The number of aryl methyl sites for hydroxylation is 1. The lowest BCUT2D eigenvalue weighted by molar-refractivity contribution is 0.186. The van der Waals surface area contributed by atoms with Crippen molar-refractivity contribution in [2.75, 3.05) is 12.4 Å². The molecular formula is C11H19N3O2. The molecule has 1 rings (SSSR count). The van der Waals surface area contributed by atoms with Crippen molar-refractivity contribution in [2.24, 2.45) is 7.05 Å². The fourth-order valence-corrected chi connectivity index (χ4v) is 1.70. The molecule has 90 valence electrons. The first-order valence-electron chi connectivity index (χ1n) is 5.47. The standard InChI is InChI=1S/C11H19N3O2/c1-5-6-8(2)9-7-14(3)13-10(9)12-11(15)16-4/h7-8H,5-6H2,1-4H3,(H,12,13,15). The number of carbonyl (C=O) groups is 1. The molecule has 16 heavy (non-hydrogen) atoms. The first-order valence-corrected chi connectivity index (χ1v) is 5.47. The fourth-order valence-electron chi connectivity index (χ4n) is 1.70. The van der Waals surface area contributed by atoms with E-state index >= 15 is 0 Å². The number of hydrogen-bond acceptors (Lipinski definition) is 3. The first-order chi connectivity index (χ1) is 7.58. The van der Waals surface area contributed by atoms with Crippen LogP contribution < -0.4 is 5.32 Å². The van der Waals surface area contributed by atoms with Gasteiger partial charge >= 0.3 is 6.09 Å². The van der Waals surface area contributed by atoms with Gasteiger partial charge in [0.15, 0.2) is 5.82 Å². The van der Waals surface area contributed by atoms with Crippen LogP contribution in [0.1, 0.15) is 38.2 Å². The summed E-state index contributed by atoms with van der Waals surface area (Å²) in [7, 11) is 3.18. The minimum atomic E-state index is -0.483. The highest BCUT2D eigenvalue weighted by Crippen LogP contribution is 2.26. The molecule has 0 spiro atoms. The number of hydrogen-bond donors (Lipinski definition) is 1. The van der Waals surface area contributed by atoms with E-state index in [4.69, 9.17) is 0 Å². The molecule has 0 aliphatic rings. The largest absolute Gasteiger partial charge is 0.453 e. The Morgan fingerprint density at radius 1 is 1.69 bits per heavy atom. The number of anilines is 1. The molecule has 0 aliphatic carbocycles. The van der Waals surface area contributed by atoms with Crippen molar-refractivity contribution in [3.63, 3.8) is 0 Å². The van der Waals surface area contributed by atoms with Crippen molar-refractivity contribution in [2.45, 2.75) is 32.6 Å². The number of rotatable bonds is 4. The summed E-state index contributed by atoms with van der Waals surface area (Å²) in [6.07, 6.45) is 3.63. The normalized spacial score (nSPS) is 12.2.